The summed E-state index contributed by atoms with van der Waals surface area (Å²) in [7, 11) is 3.57. The summed E-state index contributed by atoms with van der Waals surface area (Å²) in [6.45, 7) is 9.53. The van der Waals surface area contributed by atoms with Gasteiger partial charge >= 0.3 is 5.97 Å². The predicted molar refractivity (Wildman–Crippen MR) is 68.0 cm³/mol. The number of carbonyl (C=O) groups excluding carboxylic acids is 1. The number of hydrogen-bond acceptors (Lipinski definition) is 5. The van der Waals surface area contributed by atoms with Gasteiger partial charge in [-0.1, -0.05) is 6.92 Å². The van der Waals surface area contributed by atoms with Crippen molar-refractivity contribution in [2.24, 2.45) is 0 Å². The number of carbonyl (C=O) groups is 1. The van der Waals surface area contributed by atoms with Crippen molar-refractivity contribution >= 4 is 5.97 Å². The summed E-state index contributed by atoms with van der Waals surface area (Å²) in [5.41, 5.74) is -0.598. The van der Waals surface area contributed by atoms with E-state index in [4.69, 9.17) is 4.74 Å². The fourth-order valence-corrected chi connectivity index (χ4v) is 2.26. The minimum atomic E-state index is -0.598. The number of esters is 1. The van der Waals surface area contributed by atoms with Crippen molar-refractivity contribution in [1.82, 2.24) is 15.1 Å². The molecule has 1 fully saturated rings. The lowest BCUT2D eigenvalue weighted by molar-refractivity contribution is -0.149. The molecule has 1 unspecified atom stereocenters. The third-order valence-corrected chi connectivity index (χ3v) is 3.34. The number of methoxy groups -OCH3 is 1. The minimum Gasteiger partial charge on any atom is -0.468 e. The minimum absolute atomic E-state index is 0.182. The van der Waals surface area contributed by atoms with Crippen LogP contribution in [0.1, 0.15) is 13.8 Å². The summed E-state index contributed by atoms with van der Waals surface area (Å²) in [6.07, 6.45) is 0. The van der Waals surface area contributed by atoms with Gasteiger partial charge < -0.3 is 15.0 Å². The molecule has 0 radical (unpaired) electrons. The first-order valence-corrected chi connectivity index (χ1v) is 6.26. The topological polar surface area (TPSA) is 44.8 Å². The molecule has 0 spiro atoms. The highest BCUT2D eigenvalue weighted by atomic mass is 16.5. The van der Waals surface area contributed by atoms with E-state index in [-0.39, 0.29) is 5.97 Å². The zero-order valence-electron chi connectivity index (χ0n) is 11.5. The van der Waals surface area contributed by atoms with Crippen molar-refractivity contribution in [2.45, 2.75) is 19.4 Å². The smallest absolute Gasteiger partial charge is 0.327 e. The van der Waals surface area contributed by atoms with Crippen LogP contribution in [0.2, 0.25) is 0 Å². The number of hydrogen-bond donors (Lipinski definition) is 1. The summed E-state index contributed by atoms with van der Waals surface area (Å²) in [5, 5.41) is 3.24. The summed E-state index contributed by atoms with van der Waals surface area (Å²) in [4.78, 5) is 16.5. The molecule has 0 aliphatic carbocycles. The molecule has 0 aromatic heterocycles. The number of piperazine rings is 1. The molecule has 1 atom stereocenters. The lowest BCUT2D eigenvalue weighted by Crippen LogP contribution is -2.59. The second-order valence-corrected chi connectivity index (χ2v) is 4.93. The second-order valence-electron chi connectivity index (χ2n) is 4.93. The highest BCUT2D eigenvalue weighted by molar-refractivity contribution is 5.80. The average Bonchev–Trinajstić information content (AvgIpc) is 2.31. The van der Waals surface area contributed by atoms with Gasteiger partial charge in [-0.25, -0.2) is 0 Å². The molecule has 0 aromatic carbocycles. The monoisotopic (exact) mass is 243 g/mol. The Hall–Kier alpha value is -0.650. The number of nitrogens with one attached hydrogen (secondary N) is 1. The molecule has 5 heteroatoms. The van der Waals surface area contributed by atoms with Crippen LogP contribution in [0.15, 0.2) is 0 Å². The van der Waals surface area contributed by atoms with Crippen molar-refractivity contribution < 1.29 is 9.53 Å². The van der Waals surface area contributed by atoms with Crippen LogP contribution in [0.4, 0.5) is 0 Å². The summed E-state index contributed by atoms with van der Waals surface area (Å²) < 4.78 is 4.89. The van der Waals surface area contributed by atoms with Crippen LogP contribution >= 0.6 is 0 Å². The van der Waals surface area contributed by atoms with E-state index in [2.05, 4.69) is 22.2 Å². The number of likely N-dealkylation sites (N-methyl/N-ethyl adjacent to an activating group) is 2. The van der Waals surface area contributed by atoms with Gasteiger partial charge in [0, 0.05) is 32.7 Å². The Labute approximate surface area is 104 Å². The van der Waals surface area contributed by atoms with Crippen LogP contribution in [0.25, 0.3) is 0 Å². The molecular formula is C12H25N3O2. The van der Waals surface area contributed by atoms with Crippen molar-refractivity contribution in [1.29, 1.82) is 0 Å². The van der Waals surface area contributed by atoms with Gasteiger partial charge in [-0.15, -0.1) is 0 Å². The molecular weight excluding hydrogens is 218 g/mol. The lowest BCUT2D eigenvalue weighted by atomic mass is 10.0. The molecule has 0 saturated carbocycles. The zero-order chi connectivity index (χ0) is 12.9. The highest BCUT2D eigenvalue weighted by Gasteiger charge is 2.35. The molecule has 1 aliphatic rings. The van der Waals surface area contributed by atoms with Crippen LogP contribution < -0.4 is 5.32 Å². The Morgan fingerprint density at radius 3 is 2.41 bits per heavy atom. The van der Waals surface area contributed by atoms with E-state index >= 15 is 0 Å². The van der Waals surface area contributed by atoms with Gasteiger partial charge in [0.1, 0.15) is 5.54 Å². The first-order chi connectivity index (χ1) is 8.01. The van der Waals surface area contributed by atoms with Crippen LogP contribution in [0.5, 0.6) is 0 Å². The molecule has 0 bridgehead atoms. The van der Waals surface area contributed by atoms with Gasteiger partial charge in [-0.05, 0) is 20.5 Å². The second kappa shape index (κ2) is 6.33. The van der Waals surface area contributed by atoms with Crippen molar-refractivity contribution in [3.8, 4) is 0 Å². The van der Waals surface area contributed by atoms with E-state index in [0.29, 0.717) is 6.54 Å². The molecule has 100 valence electrons. The van der Waals surface area contributed by atoms with E-state index in [0.717, 1.165) is 32.7 Å². The quantitative estimate of drug-likeness (QED) is 0.676. The maximum Gasteiger partial charge on any atom is 0.327 e. The molecule has 17 heavy (non-hydrogen) atoms. The van der Waals surface area contributed by atoms with Gasteiger partial charge in [0.25, 0.3) is 0 Å². The molecule has 1 N–H and O–H groups in total. The van der Waals surface area contributed by atoms with Gasteiger partial charge in [-0.2, -0.15) is 0 Å². The van der Waals surface area contributed by atoms with E-state index in [1.165, 1.54) is 7.11 Å². The van der Waals surface area contributed by atoms with Crippen LogP contribution in [-0.4, -0.2) is 74.7 Å². The standard InChI is InChI=1S/C12H25N3O2/c1-5-13-12(2,11(16)17-4)10-15-8-6-14(3)7-9-15/h13H,5-10H2,1-4H3. The van der Waals surface area contributed by atoms with Gasteiger partial charge in [0.15, 0.2) is 0 Å². The maximum absolute atomic E-state index is 11.8. The fraction of sp³-hybridized carbons (Fsp3) is 0.917. The Bertz CT molecular complexity index is 252. The number of ether oxygens (including phenoxy) is 1. The summed E-state index contributed by atoms with van der Waals surface area (Å²) in [5.74, 6) is -0.182. The van der Waals surface area contributed by atoms with Crippen LogP contribution in [0.3, 0.4) is 0 Å². The average molecular weight is 243 g/mol. The number of rotatable bonds is 5. The van der Waals surface area contributed by atoms with E-state index in [1.54, 1.807) is 0 Å². The Kier molecular flexibility index (Phi) is 5.36. The maximum atomic E-state index is 11.8. The van der Waals surface area contributed by atoms with Gasteiger partial charge in [-0.3, -0.25) is 9.69 Å². The molecule has 0 aromatic rings. The first-order valence-electron chi connectivity index (χ1n) is 6.26. The number of nitrogens with zero attached hydrogens (tertiary/aromatic N) is 2. The van der Waals surface area contributed by atoms with E-state index in [1.807, 2.05) is 13.8 Å². The summed E-state index contributed by atoms with van der Waals surface area (Å²) in [6, 6.07) is 0. The van der Waals surface area contributed by atoms with Gasteiger partial charge in [0.2, 0.25) is 0 Å². The van der Waals surface area contributed by atoms with Crippen LogP contribution in [0, 0.1) is 0 Å². The fourth-order valence-electron chi connectivity index (χ4n) is 2.26. The van der Waals surface area contributed by atoms with E-state index < -0.39 is 5.54 Å². The summed E-state index contributed by atoms with van der Waals surface area (Å²) >= 11 is 0. The van der Waals surface area contributed by atoms with E-state index in [9.17, 15) is 4.79 Å². The van der Waals surface area contributed by atoms with Crippen molar-refractivity contribution in [3.05, 3.63) is 0 Å². The first kappa shape index (κ1) is 14.4. The third kappa shape index (κ3) is 3.94. The Morgan fingerprint density at radius 1 is 1.35 bits per heavy atom. The SMILES string of the molecule is CCNC(C)(CN1CCN(C)CC1)C(=O)OC. The highest BCUT2D eigenvalue weighted by Crippen LogP contribution is 2.11. The molecule has 0 amide bonds. The lowest BCUT2D eigenvalue weighted by Gasteiger charge is -2.38. The molecule has 1 saturated heterocycles. The molecule has 1 aliphatic heterocycles. The van der Waals surface area contributed by atoms with Gasteiger partial charge in [0.05, 0.1) is 7.11 Å². The van der Waals surface area contributed by atoms with Crippen LogP contribution in [-0.2, 0) is 9.53 Å². The zero-order valence-corrected chi connectivity index (χ0v) is 11.5. The van der Waals surface area contributed by atoms with Crippen molar-refractivity contribution in [3.63, 3.8) is 0 Å². The normalized spacial score (nSPS) is 22.1. The Morgan fingerprint density at radius 2 is 1.94 bits per heavy atom. The Balaban J connectivity index is 2.57. The molecule has 1 rings (SSSR count). The molecule has 5 nitrogen and oxygen atoms in total. The predicted octanol–water partition coefficient (Wildman–Crippen LogP) is -0.225. The largest absolute Gasteiger partial charge is 0.468 e. The third-order valence-electron chi connectivity index (χ3n) is 3.34. The molecule has 1 heterocycles. The van der Waals surface area contributed by atoms with Crippen molar-refractivity contribution in [2.75, 3.05) is 53.4 Å².